The van der Waals surface area contributed by atoms with Crippen molar-refractivity contribution in [2.24, 2.45) is 0 Å². The highest BCUT2D eigenvalue weighted by atomic mass is 79.9. The average molecular weight is 453 g/mol. The molecule has 2 amide bonds. The summed E-state index contributed by atoms with van der Waals surface area (Å²) in [6.07, 6.45) is 7.26. The van der Waals surface area contributed by atoms with Crippen LogP contribution in [0.15, 0.2) is 24.3 Å². The number of anilines is 1. The van der Waals surface area contributed by atoms with Gasteiger partial charge in [0.15, 0.2) is 0 Å². The van der Waals surface area contributed by atoms with E-state index >= 15 is 0 Å². The van der Waals surface area contributed by atoms with Gasteiger partial charge in [0.2, 0.25) is 5.91 Å². The molecule has 0 spiro atoms. The fourth-order valence-corrected chi connectivity index (χ4v) is 3.84. The van der Waals surface area contributed by atoms with Crippen LogP contribution >= 0.6 is 15.9 Å². The van der Waals surface area contributed by atoms with E-state index in [4.69, 9.17) is 4.74 Å². The number of alkyl halides is 1. The minimum atomic E-state index is -0.187. The fraction of sp³-hybridized carbons (Fsp3) is 0.636. The second-order valence-electron chi connectivity index (χ2n) is 7.40. The van der Waals surface area contributed by atoms with E-state index in [1.54, 1.807) is 0 Å². The number of ether oxygens (including phenoxy) is 1. The molecule has 6 heteroatoms. The summed E-state index contributed by atoms with van der Waals surface area (Å²) >= 11 is 3.41. The quantitative estimate of drug-likeness (QED) is 0.365. The molecule has 1 saturated heterocycles. The maximum atomic E-state index is 12.1. The highest BCUT2D eigenvalue weighted by molar-refractivity contribution is 9.09. The predicted molar refractivity (Wildman–Crippen MR) is 117 cm³/mol. The molecule has 2 rings (SSSR count). The molecule has 1 aromatic rings. The number of carbonyl (C=O) groups excluding carboxylic acids is 2. The third kappa shape index (κ3) is 7.82. The van der Waals surface area contributed by atoms with Gasteiger partial charge in [-0.15, -0.1) is 0 Å². The Morgan fingerprint density at radius 3 is 2.68 bits per heavy atom. The van der Waals surface area contributed by atoms with Gasteiger partial charge in [0, 0.05) is 30.5 Å². The van der Waals surface area contributed by atoms with Crippen molar-refractivity contribution in [3.05, 3.63) is 29.8 Å². The number of hydrogen-bond acceptors (Lipinski definition) is 3. The number of likely N-dealkylation sites (tertiary alicyclic amines) is 1. The van der Waals surface area contributed by atoms with E-state index < -0.39 is 0 Å². The van der Waals surface area contributed by atoms with Crippen molar-refractivity contribution in [3.63, 3.8) is 0 Å². The zero-order chi connectivity index (χ0) is 20.2. The van der Waals surface area contributed by atoms with Crippen molar-refractivity contribution in [1.82, 2.24) is 4.90 Å². The van der Waals surface area contributed by atoms with Gasteiger partial charge in [-0.1, -0.05) is 47.8 Å². The van der Waals surface area contributed by atoms with Gasteiger partial charge in [-0.05, 0) is 55.7 Å². The van der Waals surface area contributed by atoms with Gasteiger partial charge in [0.05, 0.1) is 6.61 Å². The number of unbranched alkanes of at least 4 members (excludes halogenated alkanes) is 3. The number of halogens is 1. The molecule has 1 aromatic carbocycles. The van der Waals surface area contributed by atoms with Gasteiger partial charge < -0.3 is 15.0 Å². The summed E-state index contributed by atoms with van der Waals surface area (Å²) in [4.78, 5) is 26.0. The van der Waals surface area contributed by atoms with Gasteiger partial charge in [0.1, 0.15) is 0 Å². The topological polar surface area (TPSA) is 58.6 Å². The molecule has 0 aliphatic carbocycles. The van der Waals surface area contributed by atoms with Crippen LogP contribution in [0.3, 0.4) is 0 Å². The number of nitrogens with one attached hydrogen (secondary N) is 1. The molecule has 28 heavy (non-hydrogen) atoms. The Morgan fingerprint density at radius 2 is 1.96 bits per heavy atom. The summed E-state index contributed by atoms with van der Waals surface area (Å²) in [6, 6.07) is 8.14. The van der Waals surface area contributed by atoms with Crippen LogP contribution in [0.2, 0.25) is 0 Å². The van der Waals surface area contributed by atoms with Gasteiger partial charge in [-0.2, -0.15) is 0 Å². The largest absolute Gasteiger partial charge is 0.449 e. The van der Waals surface area contributed by atoms with Gasteiger partial charge >= 0.3 is 6.09 Å². The van der Waals surface area contributed by atoms with Crippen molar-refractivity contribution in [1.29, 1.82) is 0 Å². The van der Waals surface area contributed by atoms with E-state index in [0.717, 1.165) is 69.1 Å². The molecule has 0 atom stereocenters. The second kappa shape index (κ2) is 12.8. The van der Waals surface area contributed by atoms with Gasteiger partial charge in [0.25, 0.3) is 0 Å². The smallest absolute Gasteiger partial charge is 0.409 e. The molecule has 0 bridgehead atoms. The van der Waals surface area contributed by atoms with E-state index in [0.29, 0.717) is 18.9 Å². The van der Waals surface area contributed by atoms with E-state index in [1.165, 1.54) is 5.56 Å². The molecule has 1 aliphatic rings. The monoisotopic (exact) mass is 452 g/mol. The number of nitrogens with zero attached hydrogens (tertiary/aromatic N) is 1. The van der Waals surface area contributed by atoms with Crippen LogP contribution in [0.5, 0.6) is 0 Å². The molecule has 0 aromatic heterocycles. The molecule has 1 N–H and O–H groups in total. The Labute approximate surface area is 177 Å². The van der Waals surface area contributed by atoms with Gasteiger partial charge in [-0.25, -0.2) is 4.79 Å². The average Bonchev–Trinajstić information content (AvgIpc) is 2.72. The summed E-state index contributed by atoms with van der Waals surface area (Å²) in [5.41, 5.74) is 2.10. The zero-order valence-electron chi connectivity index (χ0n) is 16.9. The molecular formula is C22H33BrN2O3. The molecule has 0 radical (unpaired) electrons. The Morgan fingerprint density at radius 1 is 1.18 bits per heavy atom. The normalized spacial score (nSPS) is 14.7. The second-order valence-corrected chi connectivity index (χ2v) is 8.20. The first-order valence-electron chi connectivity index (χ1n) is 10.5. The zero-order valence-corrected chi connectivity index (χ0v) is 18.5. The molecular weight excluding hydrogens is 420 g/mol. The van der Waals surface area contributed by atoms with Crippen molar-refractivity contribution in [2.75, 3.05) is 30.3 Å². The standard InChI is InChI=1S/C22H33BrN2O3/c1-2-3-16-28-22(27)25-14-11-18(12-15-25)19-8-7-9-20(17-19)24-21(26)10-5-4-6-13-23/h7-9,17-18H,2-6,10-16H2,1H3,(H,24,26). The number of amides is 2. The van der Waals surface area contributed by atoms with Crippen LogP contribution in [-0.2, 0) is 9.53 Å². The summed E-state index contributed by atoms with van der Waals surface area (Å²) in [7, 11) is 0. The summed E-state index contributed by atoms with van der Waals surface area (Å²) in [5, 5.41) is 4.01. The fourth-order valence-electron chi connectivity index (χ4n) is 3.44. The molecule has 1 heterocycles. The molecule has 1 fully saturated rings. The lowest BCUT2D eigenvalue weighted by Crippen LogP contribution is -2.38. The van der Waals surface area contributed by atoms with Crippen LogP contribution in [0.25, 0.3) is 0 Å². The molecule has 0 unspecified atom stereocenters. The lowest BCUT2D eigenvalue weighted by atomic mass is 9.89. The van der Waals surface area contributed by atoms with Crippen LogP contribution in [-0.4, -0.2) is 41.9 Å². The summed E-state index contributed by atoms with van der Waals surface area (Å²) < 4.78 is 5.31. The number of hydrogen-bond donors (Lipinski definition) is 1. The maximum Gasteiger partial charge on any atom is 0.409 e. The van der Waals surface area contributed by atoms with Crippen LogP contribution in [0, 0.1) is 0 Å². The predicted octanol–water partition coefficient (Wildman–Crippen LogP) is 5.70. The number of benzene rings is 1. The van der Waals surface area contributed by atoms with Crippen LogP contribution in [0.4, 0.5) is 10.5 Å². The highest BCUT2D eigenvalue weighted by Crippen LogP contribution is 2.29. The first-order chi connectivity index (χ1) is 13.6. The van der Waals surface area contributed by atoms with E-state index in [1.807, 2.05) is 17.0 Å². The molecule has 5 nitrogen and oxygen atoms in total. The lowest BCUT2D eigenvalue weighted by molar-refractivity contribution is -0.116. The van der Waals surface area contributed by atoms with Crippen LogP contribution < -0.4 is 5.32 Å². The maximum absolute atomic E-state index is 12.1. The van der Waals surface area contributed by atoms with Gasteiger partial charge in [-0.3, -0.25) is 4.79 Å². The molecule has 156 valence electrons. The minimum Gasteiger partial charge on any atom is -0.449 e. The Hall–Kier alpha value is -1.56. The van der Waals surface area contributed by atoms with Crippen LogP contribution in [0.1, 0.15) is 69.8 Å². The van der Waals surface area contributed by atoms with E-state index in [2.05, 4.69) is 40.3 Å². The van der Waals surface area contributed by atoms with Crippen molar-refractivity contribution in [3.8, 4) is 0 Å². The van der Waals surface area contributed by atoms with Crippen molar-refractivity contribution >= 4 is 33.6 Å². The Bertz CT molecular complexity index is 616. The first-order valence-corrected chi connectivity index (χ1v) is 11.6. The lowest BCUT2D eigenvalue weighted by Gasteiger charge is -2.31. The van der Waals surface area contributed by atoms with Crippen molar-refractivity contribution < 1.29 is 14.3 Å². The third-order valence-electron chi connectivity index (χ3n) is 5.16. The minimum absolute atomic E-state index is 0.0800. The molecule has 1 aliphatic heterocycles. The molecule has 0 saturated carbocycles. The summed E-state index contributed by atoms with van der Waals surface area (Å²) in [6.45, 7) is 4.04. The number of carbonyl (C=O) groups is 2. The SMILES string of the molecule is CCCCOC(=O)N1CCC(c2cccc(NC(=O)CCCCCBr)c2)CC1. The third-order valence-corrected chi connectivity index (χ3v) is 5.72. The highest BCUT2D eigenvalue weighted by Gasteiger charge is 2.24. The first kappa shape index (κ1) is 22.7. The number of piperidine rings is 1. The van der Waals surface area contributed by atoms with E-state index in [-0.39, 0.29) is 12.0 Å². The summed E-state index contributed by atoms with van der Waals surface area (Å²) in [5.74, 6) is 0.492. The van der Waals surface area contributed by atoms with Crippen molar-refractivity contribution in [2.45, 2.75) is 64.2 Å². The Balaban J connectivity index is 1.79. The Kier molecular flexibility index (Phi) is 10.4. The number of rotatable bonds is 10. The van der Waals surface area contributed by atoms with E-state index in [9.17, 15) is 9.59 Å².